The molecule has 0 amide bonds. The number of rotatable bonds is 2. The molecule has 64 valence electrons. The molecule has 0 aromatic carbocycles. The highest BCUT2D eigenvalue weighted by Crippen LogP contribution is 2.57. The molecule has 5 heteroatoms. The van der Waals surface area contributed by atoms with E-state index < -0.39 is 12.8 Å². The van der Waals surface area contributed by atoms with E-state index in [1.54, 1.807) is 0 Å². The van der Waals surface area contributed by atoms with Crippen LogP contribution in [-0.2, 0) is 9.36 Å². The maximum absolute atomic E-state index is 10.8. The van der Waals surface area contributed by atoms with Crippen molar-refractivity contribution in [3.05, 3.63) is 0 Å². The number of hydrogen-bond acceptors (Lipinski definition) is 2. The molecule has 2 N–H and O–H groups in total. The second kappa shape index (κ2) is 2.70. The molecular weight excluding hydrogens is 167 g/mol. The lowest BCUT2D eigenvalue weighted by molar-refractivity contribution is -0.110. The van der Waals surface area contributed by atoms with Crippen molar-refractivity contribution < 1.29 is 19.1 Å². The van der Waals surface area contributed by atoms with Gasteiger partial charge in [0.2, 0.25) is 0 Å². The molecule has 0 saturated heterocycles. The van der Waals surface area contributed by atoms with Crippen molar-refractivity contribution in [2.75, 3.05) is 0 Å². The van der Waals surface area contributed by atoms with Crippen molar-refractivity contribution in [1.29, 1.82) is 0 Å². The zero-order chi connectivity index (χ0) is 8.54. The van der Waals surface area contributed by atoms with Crippen LogP contribution in [0.1, 0.15) is 25.7 Å². The molecule has 0 bridgehead atoms. The van der Waals surface area contributed by atoms with Gasteiger partial charge in [-0.3, -0.25) is 4.57 Å². The zero-order valence-corrected chi connectivity index (χ0v) is 6.96. The monoisotopic (exact) mass is 178 g/mol. The summed E-state index contributed by atoms with van der Waals surface area (Å²) in [5, 5.41) is -1.34. The summed E-state index contributed by atoms with van der Waals surface area (Å²) in [5.41, 5.74) is 0. The molecule has 0 atom stereocenters. The molecule has 0 aromatic heterocycles. The fourth-order valence-corrected chi connectivity index (χ4v) is 2.50. The molecule has 1 fully saturated rings. The summed E-state index contributed by atoms with van der Waals surface area (Å²) in [4.78, 5) is 28.2. The number of hydrogen-bond donors (Lipinski definition) is 2. The van der Waals surface area contributed by atoms with E-state index in [0.717, 1.165) is 12.8 Å². The minimum atomic E-state index is -4.21. The van der Waals surface area contributed by atoms with Crippen LogP contribution < -0.4 is 0 Å². The summed E-state index contributed by atoms with van der Waals surface area (Å²) in [6, 6.07) is 0. The molecule has 1 aliphatic rings. The van der Waals surface area contributed by atoms with E-state index in [0.29, 0.717) is 19.1 Å². The second-order valence-corrected chi connectivity index (χ2v) is 4.95. The minimum Gasteiger partial charge on any atom is -0.324 e. The average Bonchev–Trinajstić information content (AvgIpc) is 2.33. The minimum absolute atomic E-state index is 0.334. The van der Waals surface area contributed by atoms with Gasteiger partial charge in [-0.05, 0) is 12.8 Å². The predicted octanol–water partition coefficient (Wildman–Crippen LogP) is 0.676. The van der Waals surface area contributed by atoms with Gasteiger partial charge >= 0.3 is 7.60 Å². The Morgan fingerprint density at radius 2 is 1.73 bits per heavy atom. The maximum atomic E-state index is 10.8. The van der Waals surface area contributed by atoms with Gasteiger partial charge in [0.05, 0.1) is 0 Å². The van der Waals surface area contributed by atoms with Crippen molar-refractivity contribution in [2.45, 2.75) is 30.8 Å². The first kappa shape index (κ1) is 8.91. The number of carbonyl (C=O) groups is 1. The first-order valence-electron chi connectivity index (χ1n) is 3.54. The molecule has 0 aromatic rings. The standard InChI is InChI=1S/C6H11O4P/c7-5-6(11(8,9)10)3-1-2-4-6/h5H,1-4H2,(H2,8,9,10). The van der Waals surface area contributed by atoms with Crippen LogP contribution in [-0.4, -0.2) is 21.2 Å². The highest BCUT2D eigenvalue weighted by molar-refractivity contribution is 7.54. The van der Waals surface area contributed by atoms with Gasteiger partial charge < -0.3 is 14.6 Å². The number of carbonyl (C=O) groups excluding carboxylic acids is 1. The summed E-state index contributed by atoms with van der Waals surface area (Å²) in [6.45, 7) is 0. The smallest absolute Gasteiger partial charge is 0.324 e. The molecule has 1 rings (SSSR count). The molecular formula is C6H11O4P. The lowest BCUT2D eigenvalue weighted by Crippen LogP contribution is -2.26. The Morgan fingerprint density at radius 1 is 1.27 bits per heavy atom. The van der Waals surface area contributed by atoms with Gasteiger partial charge in [0, 0.05) is 0 Å². The molecule has 1 saturated carbocycles. The van der Waals surface area contributed by atoms with Crippen molar-refractivity contribution in [3.63, 3.8) is 0 Å². The van der Waals surface area contributed by atoms with Gasteiger partial charge in [-0.2, -0.15) is 0 Å². The third-order valence-electron chi connectivity index (χ3n) is 2.27. The number of aldehydes is 1. The Balaban J connectivity index is 2.92. The first-order chi connectivity index (χ1) is 5.02. The van der Waals surface area contributed by atoms with Gasteiger partial charge in [-0.1, -0.05) is 12.8 Å². The van der Waals surface area contributed by atoms with E-state index in [1.807, 2.05) is 0 Å². The van der Waals surface area contributed by atoms with Gasteiger partial charge in [0.25, 0.3) is 0 Å². The molecule has 11 heavy (non-hydrogen) atoms. The molecule has 0 spiro atoms. The van der Waals surface area contributed by atoms with Crippen LogP contribution in [0.3, 0.4) is 0 Å². The quantitative estimate of drug-likeness (QED) is 0.481. The lowest BCUT2D eigenvalue weighted by atomic mass is 10.1. The maximum Gasteiger partial charge on any atom is 0.338 e. The molecule has 0 unspecified atom stereocenters. The van der Waals surface area contributed by atoms with E-state index in [2.05, 4.69) is 0 Å². The second-order valence-electron chi connectivity index (χ2n) is 2.97. The molecule has 1 aliphatic carbocycles. The van der Waals surface area contributed by atoms with Crippen LogP contribution in [0.4, 0.5) is 0 Å². The highest BCUT2D eigenvalue weighted by Gasteiger charge is 2.48. The van der Waals surface area contributed by atoms with Crippen LogP contribution in [0.25, 0.3) is 0 Å². The Hall–Kier alpha value is -0.180. The normalized spacial score (nSPS) is 23.5. The van der Waals surface area contributed by atoms with Crippen molar-refractivity contribution >= 4 is 13.9 Å². The van der Waals surface area contributed by atoms with Crippen LogP contribution in [0.5, 0.6) is 0 Å². The van der Waals surface area contributed by atoms with E-state index in [4.69, 9.17) is 9.79 Å². The summed E-state index contributed by atoms with van der Waals surface area (Å²) in [5.74, 6) is 0. The summed E-state index contributed by atoms with van der Waals surface area (Å²) < 4.78 is 10.8. The molecule has 4 nitrogen and oxygen atoms in total. The summed E-state index contributed by atoms with van der Waals surface area (Å²) in [6.07, 6.45) is 2.58. The molecule has 0 heterocycles. The third kappa shape index (κ3) is 1.39. The van der Waals surface area contributed by atoms with Crippen LogP contribution in [0.15, 0.2) is 0 Å². The molecule has 0 radical (unpaired) electrons. The van der Waals surface area contributed by atoms with Crippen molar-refractivity contribution in [1.82, 2.24) is 0 Å². The van der Waals surface area contributed by atoms with Crippen LogP contribution in [0, 0.1) is 0 Å². The SMILES string of the molecule is O=CC1(P(=O)(O)O)CCCC1. The van der Waals surface area contributed by atoms with Crippen LogP contribution >= 0.6 is 7.60 Å². The van der Waals surface area contributed by atoms with Crippen LogP contribution in [0.2, 0.25) is 0 Å². The largest absolute Gasteiger partial charge is 0.338 e. The van der Waals surface area contributed by atoms with Gasteiger partial charge in [0.15, 0.2) is 0 Å². The van der Waals surface area contributed by atoms with Gasteiger partial charge in [-0.15, -0.1) is 0 Å². The Labute approximate surface area is 64.8 Å². The summed E-state index contributed by atoms with van der Waals surface area (Å²) >= 11 is 0. The van der Waals surface area contributed by atoms with Gasteiger partial charge in [-0.25, -0.2) is 0 Å². The van der Waals surface area contributed by atoms with Crippen molar-refractivity contribution in [2.24, 2.45) is 0 Å². The topological polar surface area (TPSA) is 74.6 Å². The Morgan fingerprint density at radius 3 is 1.91 bits per heavy atom. The van der Waals surface area contributed by atoms with E-state index >= 15 is 0 Å². The Bertz CT molecular complexity index is 201. The van der Waals surface area contributed by atoms with Crippen molar-refractivity contribution in [3.8, 4) is 0 Å². The molecule has 0 aliphatic heterocycles. The Kier molecular flexibility index (Phi) is 2.19. The van der Waals surface area contributed by atoms with Gasteiger partial charge in [0.1, 0.15) is 11.4 Å². The first-order valence-corrected chi connectivity index (χ1v) is 5.15. The third-order valence-corrected chi connectivity index (χ3v) is 3.98. The predicted molar refractivity (Wildman–Crippen MR) is 39.3 cm³/mol. The summed E-state index contributed by atoms with van der Waals surface area (Å²) in [7, 11) is -4.21. The zero-order valence-electron chi connectivity index (χ0n) is 6.06. The highest BCUT2D eigenvalue weighted by atomic mass is 31.2. The fourth-order valence-electron chi connectivity index (χ4n) is 1.47. The van der Waals surface area contributed by atoms with E-state index in [9.17, 15) is 9.36 Å². The van der Waals surface area contributed by atoms with E-state index in [-0.39, 0.29) is 0 Å². The fraction of sp³-hybridized carbons (Fsp3) is 0.833. The van der Waals surface area contributed by atoms with E-state index in [1.165, 1.54) is 0 Å². The lowest BCUT2D eigenvalue weighted by Gasteiger charge is -2.22. The average molecular weight is 178 g/mol.